The first-order valence-electron chi connectivity index (χ1n) is 8.33. The Kier molecular flexibility index (Phi) is 3.06. The second kappa shape index (κ2) is 5.41. The van der Waals surface area contributed by atoms with Gasteiger partial charge in [-0.15, -0.1) is 10.2 Å². The molecule has 7 nitrogen and oxygen atoms in total. The van der Waals surface area contributed by atoms with E-state index in [4.69, 9.17) is 0 Å². The monoisotopic (exact) mass is 332 g/mol. The standard InChI is InChI=1S/C18H16N6O/c25-18-16-11(9-19-18)3-1-4-13(16)21-15-6-2-5-14(22-15)17-23-20-10-24(17)12-7-8-12/h1-6,10,12H,7-9H2,(H,19,25)(H,21,22). The molecule has 0 spiro atoms. The van der Waals surface area contributed by atoms with Crippen LogP contribution in [0.2, 0.25) is 0 Å². The van der Waals surface area contributed by atoms with E-state index in [2.05, 4.69) is 30.4 Å². The van der Waals surface area contributed by atoms with E-state index in [1.165, 1.54) is 0 Å². The van der Waals surface area contributed by atoms with Crippen LogP contribution in [0.1, 0.15) is 34.8 Å². The first-order chi connectivity index (χ1) is 12.3. The van der Waals surface area contributed by atoms with Crippen molar-refractivity contribution in [1.82, 2.24) is 25.1 Å². The van der Waals surface area contributed by atoms with Crippen molar-refractivity contribution in [1.29, 1.82) is 0 Å². The molecule has 7 heteroatoms. The zero-order valence-electron chi connectivity index (χ0n) is 13.4. The van der Waals surface area contributed by atoms with Gasteiger partial charge in [0.25, 0.3) is 5.91 Å². The number of hydrogen-bond donors (Lipinski definition) is 2. The van der Waals surface area contributed by atoms with Crippen molar-refractivity contribution in [3.8, 4) is 11.5 Å². The molecule has 1 aliphatic heterocycles. The van der Waals surface area contributed by atoms with Crippen LogP contribution in [0.15, 0.2) is 42.7 Å². The highest BCUT2D eigenvalue weighted by atomic mass is 16.1. The summed E-state index contributed by atoms with van der Waals surface area (Å²) in [6, 6.07) is 12.0. The first-order valence-corrected chi connectivity index (χ1v) is 8.33. The lowest BCUT2D eigenvalue weighted by Gasteiger charge is -2.10. The molecule has 0 unspecified atom stereocenters. The minimum absolute atomic E-state index is 0.0530. The summed E-state index contributed by atoms with van der Waals surface area (Å²) in [5.74, 6) is 1.40. The summed E-state index contributed by atoms with van der Waals surface area (Å²) in [5, 5.41) is 14.4. The number of rotatable bonds is 4. The number of nitrogens with one attached hydrogen (secondary N) is 2. The van der Waals surface area contributed by atoms with Crippen LogP contribution in [-0.2, 0) is 6.54 Å². The SMILES string of the molecule is O=C1NCc2cccc(Nc3cccc(-c4nncn4C4CC4)n3)c21. The van der Waals surface area contributed by atoms with E-state index in [-0.39, 0.29) is 5.91 Å². The van der Waals surface area contributed by atoms with Crippen LogP contribution in [-0.4, -0.2) is 25.7 Å². The van der Waals surface area contributed by atoms with E-state index in [0.717, 1.165) is 35.6 Å². The molecule has 2 aromatic heterocycles. The van der Waals surface area contributed by atoms with Crippen molar-refractivity contribution < 1.29 is 4.79 Å². The third-order valence-electron chi connectivity index (χ3n) is 4.57. The van der Waals surface area contributed by atoms with Gasteiger partial charge >= 0.3 is 0 Å². The molecule has 124 valence electrons. The highest BCUT2D eigenvalue weighted by Crippen LogP contribution is 2.37. The Hall–Kier alpha value is -3.22. The third kappa shape index (κ3) is 2.44. The largest absolute Gasteiger partial charge is 0.348 e. The Morgan fingerprint density at radius 1 is 1.16 bits per heavy atom. The van der Waals surface area contributed by atoms with E-state index in [1.54, 1.807) is 6.33 Å². The molecule has 3 aromatic rings. The van der Waals surface area contributed by atoms with E-state index >= 15 is 0 Å². The van der Waals surface area contributed by atoms with Gasteiger partial charge in [-0.3, -0.25) is 4.79 Å². The summed E-state index contributed by atoms with van der Waals surface area (Å²) in [4.78, 5) is 16.7. The van der Waals surface area contributed by atoms with Gasteiger partial charge < -0.3 is 15.2 Å². The Morgan fingerprint density at radius 2 is 2.04 bits per heavy atom. The Labute approximate surface area is 144 Å². The molecule has 1 amide bonds. The highest BCUT2D eigenvalue weighted by Gasteiger charge is 2.27. The fourth-order valence-corrected chi connectivity index (χ4v) is 3.20. The van der Waals surface area contributed by atoms with Gasteiger partial charge in [-0.25, -0.2) is 4.98 Å². The van der Waals surface area contributed by atoms with Crippen molar-refractivity contribution in [3.05, 3.63) is 53.9 Å². The summed E-state index contributed by atoms with van der Waals surface area (Å²) in [7, 11) is 0. The maximum Gasteiger partial charge on any atom is 0.254 e. The van der Waals surface area contributed by atoms with Gasteiger partial charge in [0.2, 0.25) is 0 Å². The van der Waals surface area contributed by atoms with Crippen LogP contribution in [0.5, 0.6) is 0 Å². The van der Waals surface area contributed by atoms with Crippen LogP contribution < -0.4 is 10.6 Å². The summed E-state index contributed by atoms with van der Waals surface area (Å²) in [6.07, 6.45) is 4.09. The van der Waals surface area contributed by atoms with Crippen LogP contribution >= 0.6 is 0 Å². The molecule has 0 atom stereocenters. The van der Waals surface area contributed by atoms with Crippen LogP contribution in [0, 0.1) is 0 Å². The molecule has 2 aliphatic rings. The van der Waals surface area contributed by atoms with Crippen molar-refractivity contribution in [3.63, 3.8) is 0 Å². The Balaban J connectivity index is 1.49. The van der Waals surface area contributed by atoms with Crippen molar-refractivity contribution in [2.75, 3.05) is 5.32 Å². The summed E-state index contributed by atoms with van der Waals surface area (Å²) >= 11 is 0. The summed E-state index contributed by atoms with van der Waals surface area (Å²) in [6.45, 7) is 0.571. The van der Waals surface area contributed by atoms with Crippen molar-refractivity contribution in [2.24, 2.45) is 0 Å². The molecule has 2 N–H and O–H groups in total. The number of benzene rings is 1. The molecular formula is C18H16N6O. The molecule has 3 heterocycles. The number of anilines is 2. The molecule has 0 saturated heterocycles. The van der Waals surface area contributed by atoms with Gasteiger partial charge in [0.1, 0.15) is 17.8 Å². The van der Waals surface area contributed by atoms with Crippen molar-refractivity contribution in [2.45, 2.75) is 25.4 Å². The van der Waals surface area contributed by atoms with Gasteiger partial charge in [-0.2, -0.15) is 0 Å². The Morgan fingerprint density at radius 3 is 2.92 bits per heavy atom. The smallest absolute Gasteiger partial charge is 0.254 e. The zero-order chi connectivity index (χ0) is 16.8. The lowest BCUT2D eigenvalue weighted by atomic mass is 10.1. The number of fused-ring (bicyclic) bond motifs is 1. The number of amides is 1. The molecule has 1 fully saturated rings. The average molecular weight is 332 g/mol. The number of carbonyl (C=O) groups is 1. The second-order valence-electron chi connectivity index (χ2n) is 6.35. The first kappa shape index (κ1) is 14.2. The van der Waals surface area contributed by atoms with Gasteiger partial charge in [-0.1, -0.05) is 18.2 Å². The van der Waals surface area contributed by atoms with Crippen LogP contribution in [0.3, 0.4) is 0 Å². The van der Waals surface area contributed by atoms with Gasteiger partial charge in [-0.05, 0) is 36.6 Å². The van der Waals surface area contributed by atoms with Crippen molar-refractivity contribution >= 4 is 17.4 Å². The molecule has 5 rings (SSSR count). The number of pyridine rings is 1. The predicted octanol–water partition coefficient (Wildman–Crippen LogP) is 2.66. The molecule has 0 radical (unpaired) electrons. The fraction of sp³-hybridized carbons (Fsp3) is 0.222. The lowest BCUT2D eigenvalue weighted by Crippen LogP contribution is -2.13. The third-order valence-corrected chi connectivity index (χ3v) is 4.57. The van der Waals surface area contributed by atoms with E-state index in [1.807, 2.05) is 36.4 Å². The van der Waals surface area contributed by atoms with Crippen LogP contribution in [0.25, 0.3) is 11.5 Å². The maximum absolute atomic E-state index is 12.1. The Bertz CT molecular complexity index is 975. The summed E-state index contributed by atoms with van der Waals surface area (Å²) in [5.41, 5.74) is 3.22. The quantitative estimate of drug-likeness (QED) is 0.767. The van der Waals surface area contributed by atoms with E-state index < -0.39 is 0 Å². The lowest BCUT2D eigenvalue weighted by molar-refractivity contribution is 0.0966. The van der Waals surface area contributed by atoms with E-state index in [9.17, 15) is 4.79 Å². The molecule has 0 bridgehead atoms. The van der Waals surface area contributed by atoms with E-state index in [0.29, 0.717) is 24.0 Å². The number of aromatic nitrogens is 4. The van der Waals surface area contributed by atoms with Crippen LogP contribution in [0.4, 0.5) is 11.5 Å². The maximum atomic E-state index is 12.1. The fourth-order valence-electron chi connectivity index (χ4n) is 3.20. The second-order valence-corrected chi connectivity index (χ2v) is 6.35. The normalized spacial score (nSPS) is 15.8. The van der Waals surface area contributed by atoms with Gasteiger partial charge in [0, 0.05) is 12.6 Å². The summed E-state index contributed by atoms with van der Waals surface area (Å²) < 4.78 is 2.08. The molecule has 1 aromatic carbocycles. The number of hydrogen-bond acceptors (Lipinski definition) is 5. The minimum atomic E-state index is -0.0530. The van der Waals surface area contributed by atoms with Gasteiger partial charge in [0.05, 0.1) is 11.3 Å². The van der Waals surface area contributed by atoms with Gasteiger partial charge in [0.15, 0.2) is 5.82 Å². The molecular weight excluding hydrogens is 316 g/mol. The number of nitrogens with zero attached hydrogens (tertiary/aromatic N) is 4. The molecule has 1 saturated carbocycles. The minimum Gasteiger partial charge on any atom is -0.348 e. The zero-order valence-corrected chi connectivity index (χ0v) is 13.4. The molecule has 25 heavy (non-hydrogen) atoms. The average Bonchev–Trinajstić information content (AvgIpc) is 3.23. The number of carbonyl (C=O) groups excluding carboxylic acids is 1. The topological polar surface area (TPSA) is 84.7 Å². The predicted molar refractivity (Wildman–Crippen MR) is 92.4 cm³/mol. The highest BCUT2D eigenvalue weighted by molar-refractivity contribution is 6.04. The molecule has 1 aliphatic carbocycles.